The molecule has 1 saturated heterocycles. The standard InChI is InChI=1S/C26H21BrN2O4S/c1-3-10-29-25(31)20(24(30)28-26(29)34)12-17-13-21(27)23(22(14-17)32-2)33-15-16-8-9-18-6-4-5-7-19(18)11-16/h3-9,11-14H,1,10,15H2,2H3,(H,28,30,34)/b20-12+. The fraction of sp³-hybridized carbons (Fsp3) is 0.115. The number of ether oxygens (including phenoxy) is 2. The lowest BCUT2D eigenvalue weighted by molar-refractivity contribution is -0.128. The van der Waals surface area contributed by atoms with Crippen LogP contribution in [0.2, 0.25) is 0 Å². The molecule has 3 aromatic carbocycles. The van der Waals surface area contributed by atoms with Crippen LogP contribution in [0, 0.1) is 0 Å². The van der Waals surface area contributed by atoms with Crippen molar-refractivity contribution in [1.82, 2.24) is 10.2 Å². The second-order valence-corrected chi connectivity index (χ2v) is 8.77. The molecule has 1 aliphatic rings. The zero-order valence-corrected chi connectivity index (χ0v) is 20.7. The SMILES string of the molecule is C=CCN1C(=O)/C(=C/c2cc(Br)c(OCc3ccc4ccccc4c3)c(OC)c2)C(=O)NC1=S. The smallest absolute Gasteiger partial charge is 0.265 e. The van der Waals surface area contributed by atoms with Gasteiger partial charge in [-0.15, -0.1) is 6.58 Å². The Morgan fingerprint density at radius 2 is 1.88 bits per heavy atom. The first-order valence-electron chi connectivity index (χ1n) is 10.4. The van der Waals surface area contributed by atoms with Crippen molar-refractivity contribution in [3.05, 3.63) is 88.4 Å². The van der Waals surface area contributed by atoms with Crippen LogP contribution in [0.1, 0.15) is 11.1 Å². The molecule has 1 heterocycles. The topological polar surface area (TPSA) is 67.9 Å². The number of nitrogens with zero attached hydrogens (tertiary/aromatic N) is 1. The Hall–Kier alpha value is -3.49. The molecule has 0 atom stereocenters. The first kappa shape index (κ1) is 23.7. The summed E-state index contributed by atoms with van der Waals surface area (Å²) in [4.78, 5) is 26.5. The third-order valence-corrected chi connectivity index (χ3v) is 6.17. The number of thiocarbonyl (C=S) groups is 1. The highest BCUT2D eigenvalue weighted by Gasteiger charge is 2.32. The monoisotopic (exact) mass is 536 g/mol. The Labute approximate surface area is 211 Å². The van der Waals surface area contributed by atoms with Gasteiger partial charge in [0.05, 0.1) is 11.6 Å². The van der Waals surface area contributed by atoms with Crippen LogP contribution in [-0.4, -0.2) is 35.5 Å². The maximum Gasteiger partial charge on any atom is 0.265 e. The molecular weight excluding hydrogens is 516 g/mol. The van der Waals surface area contributed by atoms with Gasteiger partial charge in [0.1, 0.15) is 12.2 Å². The van der Waals surface area contributed by atoms with Crippen LogP contribution in [0.5, 0.6) is 11.5 Å². The lowest BCUT2D eigenvalue weighted by Crippen LogP contribution is -2.53. The van der Waals surface area contributed by atoms with Gasteiger partial charge in [0.25, 0.3) is 11.8 Å². The van der Waals surface area contributed by atoms with Gasteiger partial charge in [0.2, 0.25) is 0 Å². The number of carbonyl (C=O) groups excluding carboxylic acids is 2. The van der Waals surface area contributed by atoms with Crippen molar-refractivity contribution >= 4 is 61.9 Å². The zero-order valence-electron chi connectivity index (χ0n) is 18.3. The van der Waals surface area contributed by atoms with Crippen LogP contribution in [0.4, 0.5) is 0 Å². The van der Waals surface area contributed by atoms with E-state index in [0.29, 0.717) is 28.1 Å². The number of fused-ring (bicyclic) bond motifs is 1. The summed E-state index contributed by atoms with van der Waals surface area (Å²) in [5, 5.41) is 4.89. The number of rotatable bonds is 7. The molecule has 34 heavy (non-hydrogen) atoms. The molecule has 0 saturated carbocycles. The van der Waals surface area contributed by atoms with E-state index in [2.05, 4.69) is 52.1 Å². The average molecular weight is 537 g/mol. The molecule has 0 bridgehead atoms. The molecule has 1 aliphatic heterocycles. The summed E-state index contributed by atoms with van der Waals surface area (Å²) in [6.07, 6.45) is 3.04. The lowest BCUT2D eigenvalue weighted by atomic mass is 10.1. The van der Waals surface area contributed by atoms with Crippen LogP contribution in [0.25, 0.3) is 16.8 Å². The number of benzene rings is 3. The van der Waals surface area contributed by atoms with E-state index in [1.54, 1.807) is 18.2 Å². The second-order valence-electron chi connectivity index (χ2n) is 7.53. The molecule has 4 rings (SSSR count). The molecule has 0 aromatic heterocycles. The maximum atomic E-state index is 12.8. The predicted molar refractivity (Wildman–Crippen MR) is 140 cm³/mol. The molecule has 8 heteroatoms. The first-order valence-corrected chi connectivity index (χ1v) is 11.6. The highest BCUT2D eigenvalue weighted by Crippen LogP contribution is 2.38. The highest BCUT2D eigenvalue weighted by atomic mass is 79.9. The average Bonchev–Trinajstić information content (AvgIpc) is 2.83. The summed E-state index contributed by atoms with van der Waals surface area (Å²) >= 11 is 8.62. The summed E-state index contributed by atoms with van der Waals surface area (Å²) < 4.78 is 12.2. The van der Waals surface area contributed by atoms with Gasteiger partial charge in [0.15, 0.2) is 16.6 Å². The Bertz CT molecular complexity index is 1350. The van der Waals surface area contributed by atoms with Gasteiger partial charge < -0.3 is 9.47 Å². The highest BCUT2D eigenvalue weighted by molar-refractivity contribution is 9.10. The van der Waals surface area contributed by atoms with Gasteiger partial charge >= 0.3 is 0 Å². The zero-order chi connectivity index (χ0) is 24.2. The number of halogens is 1. The molecular formula is C26H21BrN2O4S. The van der Waals surface area contributed by atoms with Gasteiger partial charge in [-0.3, -0.25) is 19.8 Å². The Morgan fingerprint density at radius 1 is 1.12 bits per heavy atom. The van der Waals surface area contributed by atoms with Crippen molar-refractivity contribution in [3.8, 4) is 11.5 Å². The fourth-order valence-corrected chi connectivity index (χ4v) is 4.43. The number of methoxy groups -OCH3 is 1. The normalized spacial score (nSPS) is 14.9. The Balaban J connectivity index is 1.60. The molecule has 6 nitrogen and oxygen atoms in total. The van der Waals surface area contributed by atoms with Crippen molar-refractivity contribution in [2.75, 3.05) is 13.7 Å². The van der Waals surface area contributed by atoms with Crippen LogP contribution in [0.3, 0.4) is 0 Å². The van der Waals surface area contributed by atoms with Crippen LogP contribution >= 0.6 is 28.1 Å². The first-order chi connectivity index (χ1) is 16.4. The molecule has 1 fully saturated rings. The largest absolute Gasteiger partial charge is 0.493 e. The summed E-state index contributed by atoms with van der Waals surface area (Å²) in [6.45, 7) is 4.17. The molecule has 2 amide bonds. The second kappa shape index (κ2) is 10.2. The van der Waals surface area contributed by atoms with Gasteiger partial charge in [0, 0.05) is 6.54 Å². The number of hydrogen-bond acceptors (Lipinski definition) is 5. The van der Waals surface area contributed by atoms with E-state index in [1.807, 2.05) is 18.2 Å². The van der Waals surface area contributed by atoms with Gasteiger partial charge in [-0.25, -0.2) is 0 Å². The lowest BCUT2D eigenvalue weighted by Gasteiger charge is -2.27. The van der Waals surface area contributed by atoms with E-state index >= 15 is 0 Å². The van der Waals surface area contributed by atoms with E-state index in [1.165, 1.54) is 18.1 Å². The summed E-state index contributed by atoms with van der Waals surface area (Å²) in [6, 6.07) is 17.8. The molecule has 3 aromatic rings. The molecule has 0 unspecified atom stereocenters. The van der Waals surface area contributed by atoms with Crippen LogP contribution in [0.15, 0.2) is 77.3 Å². The van der Waals surface area contributed by atoms with E-state index in [9.17, 15) is 9.59 Å². The van der Waals surface area contributed by atoms with Crippen molar-refractivity contribution in [3.63, 3.8) is 0 Å². The van der Waals surface area contributed by atoms with Crippen molar-refractivity contribution in [2.24, 2.45) is 0 Å². The van der Waals surface area contributed by atoms with E-state index in [4.69, 9.17) is 21.7 Å². The third-order valence-electron chi connectivity index (χ3n) is 5.26. The quantitative estimate of drug-likeness (QED) is 0.199. The third kappa shape index (κ3) is 4.88. The molecule has 0 spiro atoms. The summed E-state index contributed by atoms with van der Waals surface area (Å²) in [7, 11) is 1.53. The maximum absolute atomic E-state index is 12.8. The number of hydrogen-bond donors (Lipinski definition) is 1. The molecule has 0 aliphatic carbocycles. The minimum Gasteiger partial charge on any atom is -0.493 e. The number of nitrogens with one attached hydrogen (secondary N) is 1. The molecule has 0 radical (unpaired) electrons. The summed E-state index contributed by atoms with van der Waals surface area (Å²) in [5.74, 6) is -0.0572. The van der Waals surface area contributed by atoms with Crippen molar-refractivity contribution in [2.45, 2.75) is 6.61 Å². The van der Waals surface area contributed by atoms with Crippen molar-refractivity contribution < 1.29 is 19.1 Å². The fourth-order valence-electron chi connectivity index (χ4n) is 3.60. The number of amides is 2. The Kier molecular flexibility index (Phi) is 7.09. The number of carbonyl (C=O) groups is 2. The minimum atomic E-state index is -0.554. The van der Waals surface area contributed by atoms with Gasteiger partial charge in [-0.2, -0.15) is 0 Å². The molecule has 172 valence electrons. The van der Waals surface area contributed by atoms with Crippen LogP contribution in [-0.2, 0) is 16.2 Å². The Morgan fingerprint density at radius 3 is 2.62 bits per heavy atom. The van der Waals surface area contributed by atoms with Gasteiger partial charge in [-0.1, -0.05) is 42.5 Å². The van der Waals surface area contributed by atoms with Gasteiger partial charge in [-0.05, 0) is 74.3 Å². The van der Waals surface area contributed by atoms with E-state index in [0.717, 1.165) is 16.3 Å². The van der Waals surface area contributed by atoms with Crippen LogP contribution < -0.4 is 14.8 Å². The van der Waals surface area contributed by atoms with Crippen molar-refractivity contribution in [1.29, 1.82) is 0 Å². The predicted octanol–water partition coefficient (Wildman–Crippen LogP) is 5.00. The van der Waals surface area contributed by atoms with E-state index in [-0.39, 0.29) is 17.2 Å². The molecule has 1 N–H and O–H groups in total. The van der Waals surface area contributed by atoms with E-state index < -0.39 is 11.8 Å². The summed E-state index contributed by atoms with van der Waals surface area (Å²) in [5.41, 5.74) is 1.57. The minimum absolute atomic E-state index is 0.0331.